The lowest BCUT2D eigenvalue weighted by Crippen LogP contribution is -2.03. The third kappa shape index (κ3) is 4.69. The molecule has 0 atom stereocenters. The number of benzene rings is 2. The number of nitrogens with zero attached hydrogens (tertiary/aromatic N) is 5. The Kier molecular flexibility index (Phi) is 6.34. The fraction of sp³-hybridized carbons (Fsp3) is 0.190. The highest BCUT2D eigenvalue weighted by molar-refractivity contribution is 5.84. The quantitative estimate of drug-likeness (QED) is 0.286. The molecule has 0 spiro atoms. The van der Waals surface area contributed by atoms with Crippen LogP contribution in [-0.4, -0.2) is 54.9 Å². The van der Waals surface area contributed by atoms with E-state index in [1.165, 1.54) is 0 Å². The molecule has 2 heterocycles. The SMILES string of the molecule is COc1ccc(Nc2nc3nonc3nc2N/N=C\c2cc(OC)c(OC)c(OC)c2)cc1. The van der Waals surface area contributed by atoms with Crippen LogP contribution in [0, 0.1) is 0 Å². The summed E-state index contributed by atoms with van der Waals surface area (Å²) < 4.78 is 26.0. The zero-order valence-electron chi connectivity index (χ0n) is 18.3. The molecule has 12 heteroatoms. The summed E-state index contributed by atoms with van der Waals surface area (Å²) in [4.78, 5) is 8.79. The predicted molar refractivity (Wildman–Crippen MR) is 121 cm³/mol. The minimum atomic E-state index is 0.237. The van der Waals surface area contributed by atoms with Crippen LogP contribution < -0.4 is 29.7 Å². The van der Waals surface area contributed by atoms with Crippen LogP contribution in [0.15, 0.2) is 46.1 Å². The van der Waals surface area contributed by atoms with Crippen molar-refractivity contribution in [1.29, 1.82) is 0 Å². The fourth-order valence-corrected chi connectivity index (χ4v) is 2.96. The zero-order valence-corrected chi connectivity index (χ0v) is 18.3. The Labute approximate surface area is 188 Å². The van der Waals surface area contributed by atoms with Gasteiger partial charge in [-0.15, -0.1) is 0 Å². The van der Waals surface area contributed by atoms with E-state index in [4.69, 9.17) is 23.6 Å². The van der Waals surface area contributed by atoms with Gasteiger partial charge in [-0.25, -0.2) is 9.61 Å². The molecule has 0 fully saturated rings. The van der Waals surface area contributed by atoms with E-state index in [1.807, 2.05) is 24.3 Å². The van der Waals surface area contributed by atoms with E-state index in [0.717, 1.165) is 11.4 Å². The van der Waals surface area contributed by atoms with Crippen molar-refractivity contribution in [2.24, 2.45) is 5.10 Å². The number of hydrazone groups is 1. The van der Waals surface area contributed by atoms with E-state index in [2.05, 4.69) is 36.1 Å². The van der Waals surface area contributed by atoms with Gasteiger partial charge in [0.1, 0.15) is 5.75 Å². The summed E-state index contributed by atoms with van der Waals surface area (Å²) in [5.74, 6) is 2.94. The predicted octanol–water partition coefficient (Wildman–Crippen LogP) is 3.24. The van der Waals surface area contributed by atoms with Crippen LogP contribution in [0.4, 0.5) is 17.3 Å². The second kappa shape index (κ2) is 9.68. The van der Waals surface area contributed by atoms with Crippen molar-refractivity contribution in [3.63, 3.8) is 0 Å². The Hall–Kier alpha value is -4.61. The van der Waals surface area contributed by atoms with Crippen molar-refractivity contribution < 1.29 is 23.6 Å². The van der Waals surface area contributed by atoms with Gasteiger partial charge in [0.15, 0.2) is 23.1 Å². The van der Waals surface area contributed by atoms with Crippen LogP contribution in [0.3, 0.4) is 0 Å². The summed E-state index contributed by atoms with van der Waals surface area (Å²) in [6, 6.07) is 10.9. The van der Waals surface area contributed by atoms with Gasteiger partial charge in [-0.1, -0.05) is 0 Å². The smallest absolute Gasteiger partial charge is 0.245 e. The molecule has 0 radical (unpaired) electrons. The highest BCUT2D eigenvalue weighted by Crippen LogP contribution is 2.37. The number of hydrogen-bond donors (Lipinski definition) is 2. The highest BCUT2D eigenvalue weighted by atomic mass is 16.6. The molecule has 2 aromatic heterocycles. The summed E-state index contributed by atoms with van der Waals surface area (Å²) in [6.45, 7) is 0. The van der Waals surface area contributed by atoms with Gasteiger partial charge in [0, 0.05) is 11.3 Å². The molecule has 2 N–H and O–H groups in total. The molecule has 0 unspecified atom stereocenters. The van der Waals surface area contributed by atoms with Crippen molar-refractivity contribution in [2.45, 2.75) is 0 Å². The van der Waals surface area contributed by atoms with Gasteiger partial charge in [0.25, 0.3) is 0 Å². The molecule has 0 saturated heterocycles. The van der Waals surface area contributed by atoms with Gasteiger partial charge in [-0.3, -0.25) is 5.43 Å². The molecule has 0 aliphatic carbocycles. The highest BCUT2D eigenvalue weighted by Gasteiger charge is 2.14. The molecular weight excluding hydrogens is 430 g/mol. The fourth-order valence-electron chi connectivity index (χ4n) is 2.96. The van der Waals surface area contributed by atoms with Gasteiger partial charge in [-0.2, -0.15) is 10.1 Å². The molecule has 0 saturated carbocycles. The minimum Gasteiger partial charge on any atom is -0.497 e. The number of ether oxygens (including phenoxy) is 4. The number of fused-ring (bicyclic) bond motifs is 1. The number of anilines is 3. The number of aromatic nitrogens is 4. The van der Waals surface area contributed by atoms with E-state index < -0.39 is 0 Å². The van der Waals surface area contributed by atoms with Crippen molar-refractivity contribution >= 4 is 34.8 Å². The average Bonchev–Trinajstić information content (AvgIpc) is 3.31. The van der Waals surface area contributed by atoms with Crippen LogP contribution >= 0.6 is 0 Å². The summed E-state index contributed by atoms with van der Waals surface area (Å²) in [7, 11) is 6.24. The zero-order chi connectivity index (χ0) is 23.2. The molecule has 170 valence electrons. The van der Waals surface area contributed by atoms with E-state index in [-0.39, 0.29) is 11.3 Å². The Bertz CT molecular complexity index is 1250. The van der Waals surface area contributed by atoms with Gasteiger partial charge >= 0.3 is 0 Å². The molecule has 0 aliphatic heterocycles. The van der Waals surface area contributed by atoms with Crippen LogP contribution in [0.1, 0.15) is 5.56 Å². The molecule has 0 aliphatic rings. The van der Waals surface area contributed by atoms with Crippen molar-refractivity contribution in [1.82, 2.24) is 20.3 Å². The summed E-state index contributed by atoms with van der Waals surface area (Å²) in [5.41, 5.74) is 4.84. The number of rotatable bonds is 9. The topological polar surface area (TPSA) is 138 Å². The van der Waals surface area contributed by atoms with Gasteiger partial charge < -0.3 is 24.3 Å². The molecule has 4 aromatic rings. The number of hydrogen-bond acceptors (Lipinski definition) is 12. The third-order valence-corrected chi connectivity index (χ3v) is 4.54. The first-order valence-corrected chi connectivity index (χ1v) is 9.65. The molecule has 4 rings (SSSR count). The molecule has 0 amide bonds. The van der Waals surface area contributed by atoms with Crippen LogP contribution in [0.5, 0.6) is 23.0 Å². The molecule has 33 heavy (non-hydrogen) atoms. The first-order chi connectivity index (χ1) is 16.1. The Morgan fingerprint density at radius 2 is 1.45 bits per heavy atom. The maximum Gasteiger partial charge on any atom is 0.245 e. The van der Waals surface area contributed by atoms with Crippen LogP contribution in [-0.2, 0) is 0 Å². The summed E-state index contributed by atoms with van der Waals surface area (Å²) in [5, 5.41) is 14.9. The first-order valence-electron chi connectivity index (χ1n) is 9.65. The third-order valence-electron chi connectivity index (χ3n) is 4.54. The average molecular weight is 451 g/mol. The number of nitrogens with one attached hydrogen (secondary N) is 2. The molecule has 0 bridgehead atoms. The van der Waals surface area contributed by atoms with Gasteiger partial charge in [-0.05, 0) is 46.7 Å². The minimum absolute atomic E-state index is 0.237. The maximum absolute atomic E-state index is 5.37. The van der Waals surface area contributed by atoms with Gasteiger partial charge in [0.05, 0.1) is 34.7 Å². The Balaban J connectivity index is 1.61. The molecule has 2 aromatic carbocycles. The molecular formula is C21H21N7O5. The van der Waals surface area contributed by atoms with Crippen molar-refractivity contribution in [2.75, 3.05) is 39.2 Å². The summed E-state index contributed by atoms with van der Waals surface area (Å²) >= 11 is 0. The monoisotopic (exact) mass is 451 g/mol. The second-order valence-electron chi connectivity index (χ2n) is 6.51. The van der Waals surface area contributed by atoms with Crippen molar-refractivity contribution in [3.05, 3.63) is 42.0 Å². The molecule has 12 nitrogen and oxygen atoms in total. The normalized spacial score (nSPS) is 10.9. The van der Waals surface area contributed by atoms with E-state index in [9.17, 15) is 0 Å². The first kappa shape index (κ1) is 21.6. The lowest BCUT2D eigenvalue weighted by atomic mass is 10.2. The lowest BCUT2D eigenvalue weighted by Gasteiger charge is -2.12. The number of methoxy groups -OCH3 is 4. The lowest BCUT2D eigenvalue weighted by molar-refractivity contribution is 0.314. The van der Waals surface area contributed by atoms with Crippen LogP contribution in [0.2, 0.25) is 0 Å². The Morgan fingerprint density at radius 1 is 0.818 bits per heavy atom. The standard InChI is InChI=1S/C21H21N7O5/c1-29-14-7-5-13(6-8-14)23-18-19(25-21-20(24-18)27-33-28-21)26-22-11-12-9-15(30-2)17(32-4)16(10-12)31-3/h5-11H,1-4H3,(H,23,24,27)(H,25,26,28)/b22-11-. The summed E-state index contributed by atoms with van der Waals surface area (Å²) in [6.07, 6.45) is 1.58. The second-order valence-corrected chi connectivity index (χ2v) is 6.51. The van der Waals surface area contributed by atoms with E-state index in [0.29, 0.717) is 34.4 Å². The Morgan fingerprint density at radius 3 is 2.03 bits per heavy atom. The van der Waals surface area contributed by atoms with Crippen molar-refractivity contribution in [3.8, 4) is 23.0 Å². The van der Waals surface area contributed by atoms with E-state index >= 15 is 0 Å². The van der Waals surface area contributed by atoms with E-state index in [1.54, 1.807) is 46.8 Å². The van der Waals surface area contributed by atoms with Crippen LogP contribution in [0.25, 0.3) is 11.3 Å². The maximum atomic E-state index is 5.37. The van der Waals surface area contributed by atoms with Gasteiger partial charge in [0.2, 0.25) is 17.0 Å². The largest absolute Gasteiger partial charge is 0.497 e.